The lowest BCUT2D eigenvalue weighted by atomic mass is 9.88. The Labute approximate surface area is 221 Å². The van der Waals surface area contributed by atoms with Crippen LogP contribution in [0.25, 0.3) is 0 Å². The highest BCUT2D eigenvalue weighted by Crippen LogP contribution is 2.34. The third-order valence-electron chi connectivity index (χ3n) is 5.39. The van der Waals surface area contributed by atoms with Gasteiger partial charge in [0.25, 0.3) is 0 Å². The molecule has 0 fully saturated rings. The number of benzene rings is 3. The van der Waals surface area contributed by atoms with Crippen LogP contribution in [0.4, 0.5) is 0 Å². The van der Waals surface area contributed by atoms with Crippen LogP contribution in [-0.2, 0) is 19.1 Å². The average molecular weight is 550 g/mol. The first kappa shape index (κ1) is 27.3. The number of carbonyl (C=O) groups is 2. The first-order valence-corrected chi connectivity index (χ1v) is 12.8. The summed E-state index contributed by atoms with van der Waals surface area (Å²) in [5.74, 6) is -1.52. The molecule has 0 amide bonds. The molecule has 0 N–H and O–H groups in total. The lowest BCUT2D eigenvalue weighted by molar-refractivity contribution is -0.157. The minimum Gasteiger partial charge on any atom is -0.466 e. The summed E-state index contributed by atoms with van der Waals surface area (Å²) >= 11 is 3.61. The number of hydrogen-bond acceptors (Lipinski definition) is 5. The summed E-state index contributed by atoms with van der Waals surface area (Å²) in [4.78, 5) is 31.5. The van der Waals surface area contributed by atoms with Gasteiger partial charge in [0.05, 0.1) is 18.7 Å². The molecule has 0 aliphatic carbocycles. The van der Waals surface area contributed by atoms with E-state index in [9.17, 15) is 9.59 Å². The molecule has 188 valence electrons. The maximum Gasteiger partial charge on any atom is 0.332 e. The van der Waals surface area contributed by atoms with Crippen molar-refractivity contribution >= 4 is 33.6 Å². The van der Waals surface area contributed by atoms with Crippen LogP contribution in [0, 0.1) is 0 Å². The molecule has 3 rings (SSSR count). The Bertz CT molecular complexity index is 1140. The van der Waals surface area contributed by atoms with Gasteiger partial charge in [-0.25, -0.2) is 4.79 Å². The number of esters is 2. The Kier molecular flexibility index (Phi) is 9.59. The van der Waals surface area contributed by atoms with Crippen molar-refractivity contribution in [2.75, 3.05) is 6.61 Å². The Morgan fingerprint density at radius 2 is 1.39 bits per heavy atom. The van der Waals surface area contributed by atoms with E-state index >= 15 is 0 Å². The number of nitrogens with zero attached hydrogens (tertiary/aromatic N) is 1. The number of aliphatic imine (C=N–C) groups is 1. The van der Waals surface area contributed by atoms with Gasteiger partial charge >= 0.3 is 11.9 Å². The van der Waals surface area contributed by atoms with Crippen LogP contribution in [0.1, 0.15) is 56.7 Å². The van der Waals surface area contributed by atoms with Gasteiger partial charge in [-0.05, 0) is 39.3 Å². The molecule has 0 saturated carbocycles. The van der Waals surface area contributed by atoms with Crippen molar-refractivity contribution in [3.63, 3.8) is 0 Å². The minimum atomic E-state index is -0.997. The standard InChI is InChI=1S/C30H32BrNO4/c1-5-35-26(33)20-24(23-18-12-13-19-25(23)31)28(29(34)36-30(2,3)4)32-27(21-14-8-6-9-15-21)22-16-10-7-11-17-22/h6-19,24,28H,5,20H2,1-4H3/t24-,28+/m1/s1. The monoisotopic (exact) mass is 549 g/mol. The molecule has 0 aliphatic rings. The molecule has 0 spiro atoms. The van der Waals surface area contributed by atoms with Gasteiger partial charge in [0.2, 0.25) is 0 Å². The van der Waals surface area contributed by atoms with E-state index in [4.69, 9.17) is 14.5 Å². The lowest BCUT2D eigenvalue weighted by Crippen LogP contribution is -2.36. The van der Waals surface area contributed by atoms with Gasteiger partial charge in [0, 0.05) is 21.5 Å². The van der Waals surface area contributed by atoms with Gasteiger partial charge < -0.3 is 9.47 Å². The maximum atomic E-state index is 13.7. The van der Waals surface area contributed by atoms with E-state index in [0.29, 0.717) is 5.71 Å². The van der Waals surface area contributed by atoms with E-state index in [-0.39, 0.29) is 13.0 Å². The molecule has 6 heteroatoms. The molecule has 2 atom stereocenters. The predicted molar refractivity (Wildman–Crippen MR) is 146 cm³/mol. The number of halogens is 1. The van der Waals surface area contributed by atoms with E-state index in [1.165, 1.54) is 0 Å². The fraction of sp³-hybridized carbons (Fsp3) is 0.300. The highest BCUT2D eigenvalue weighted by molar-refractivity contribution is 9.10. The second-order valence-corrected chi connectivity index (χ2v) is 10.2. The molecule has 0 saturated heterocycles. The van der Waals surface area contributed by atoms with Crippen LogP contribution >= 0.6 is 15.9 Å². The fourth-order valence-corrected chi connectivity index (χ4v) is 4.46. The molecular weight excluding hydrogens is 518 g/mol. The van der Waals surface area contributed by atoms with E-state index in [2.05, 4.69) is 15.9 Å². The largest absolute Gasteiger partial charge is 0.466 e. The summed E-state index contributed by atoms with van der Waals surface area (Å²) in [6.07, 6.45) is -0.0271. The lowest BCUT2D eigenvalue weighted by Gasteiger charge is -2.28. The summed E-state index contributed by atoms with van der Waals surface area (Å²) in [7, 11) is 0. The second kappa shape index (κ2) is 12.6. The first-order chi connectivity index (χ1) is 17.2. The first-order valence-electron chi connectivity index (χ1n) is 12.0. The van der Waals surface area contributed by atoms with Gasteiger partial charge in [0.15, 0.2) is 6.04 Å². The summed E-state index contributed by atoms with van der Waals surface area (Å²) in [6, 6.07) is 26.0. The van der Waals surface area contributed by atoms with E-state index in [1.807, 2.05) is 106 Å². The van der Waals surface area contributed by atoms with Crippen LogP contribution in [0.3, 0.4) is 0 Å². The topological polar surface area (TPSA) is 65.0 Å². The molecule has 0 unspecified atom stereocenters. The van der Waals surface area contributed by atoms with Crippen LogP contribution in [0.2, 0.25) is 0 Å². The van der Waals surface area contributed by atoms with Crippen LogP contribution in [0.15, 0.2) is 94.4 Å². The zero-order chi connectivity index (χ0) is 26.1. The zero-order valence-electron chi connectivity index (χ0n) is 21.1. The molecule has 0 aromatic heterocycles. The molecule has 3 aromatic carbocycles. The summed E-state index contributed by atoms with van der Waals surface area (Å²) in [5.41, 5.74) is 2.42. The molecule has 36 heavy (non-hydrogen) atoms. The number of hydrogen-bond donors (Lipinski definition) is 0. The zero-order valence-corrected chi connectivity index (χ0v) is 22.7. The quantitative estimate of drug-likeness (QED) is 0.219. The van der Waals surface area contributed by atoms with Crippen LogP contribution in [0.5, 0.6) is 0 Å². The van der Waals surface area contributed by atoms with Crippen molar-refractivity contribution < 1.29 is 19.1 Å². The van der Waals surface area contributed by atoms with Crippen LogP contribution < -0.4 is 0 Å². The predicted octanol–water partition coefficient (Wildman–Crippen LogP) is 6.73. The van der Waals surface area contributed by atoms with Crippen LogP contribution in [-0.4, -0.2) is 35.9 Å². The molecule has 5 nitrogen and oxygen atoms in total. The Morgan fingerprint density at radius 1 is 0.861 bits per heavy atom. The van der Waals surface area contributed by atoms with Crippen molar-refractivity contribution in [2.24, 2.45) is 4.99 Å². The SMILES string of the molecule is CCOC(=O)C[C@H](c1ccccc1Br)[C@H](N=C(c1ccccc1)c1ccccc1)C(=O)OC(C)(C)C. The summed E-state index contributed by atoms with van der Waals surface area (Å²) in [6.45, 7) is 7.47. The highest BCUT2D eigenvalue weighted by Gasteiger charge is 2.36. The average Bonchev–Trinajstić information content (AvgIpc) is 2.84. The summed E-state index contributed by atoms with van der Waals surface area (Å²) in [5, 5.41) is 0. The number of rotatable bonds is 9. The number of carbonyl (C=O) groups excluding carboxylic acids is 2. The van der Waals surface area contributed by atoms with Gasteiger partial charge in [-0.1, -0.05) is 94.8 Å². The van der Waals surface area contributed by atoms with Crippen molar-refractivity contribution in [2.45, 2.75) is 51.7 Å². The number of ether oxygens (including phenoxy) is 2. The minimum absolute atomic E-state index is 0.0271. The smallest absolute Gasteiger partial charge is 0.332 e. The van der Waals surface area contributed by atoms with Crippen molar-refractivity contribution in [1.29, 1.82) is 0 Å². The van der Waals surface area contributed by atoms with Gasteiger partial charge in [-0.2, -0.15) is 0 Å². The third kappa shape index (κ3) is 7.62. The van der Waals surface area contributed by atoms with Crippen molar-refractivity contribution in [1.82, 2.24) is 0 Å². The van der Waals surface area contributed by atoms with Crippen molar-refractivity contribution in [3.05, 3.63) is 106 Å². The summed E-state index contributed by atoms with van der Waals surface area (Å²) < 4.78 is 11.9. The second-order valence-electron chi connectivity index (χ2n) is 9.33. The Morgan fingerprint density at radius 3 is 1.89 bits per heavy atom. The van der Waals surface area contributed by atoms with E-state index < -0.39 is 29.5 Å². The Hall–Kier alpha value is -3.25. The third-order valence-corrected chi connectivity index (χ3v) is 6.11. The molecule has 3 aromatic rings. The van der Waals surface area contributed by atoms with E-state index in [0.717, 1.165) is 21.2 Å². The Balaban J connectivity index is 2.24. The molecule has 0 bridgehead atoms. The van der Waals surface area contributed by atoms with Gasteiger partial charge in [-0.15, -0.1) is 0 Å². The molecule has 0 heterocycles. The van der Waals surface area contributed by atoms with Crippen molar-refractivity contribution in [3.8, 4) is 0 Å². The maximum absolute atomic E-state index is 13.7. The normalized spacial score (nSPS) is 12.8. The van der Waals surface area contributed by atoms with Gasteiger partial charge in [0.1, 0.15) is 5.60 Å². The van der Waals surface area contributed by atoms with E-state index in [1.54, 1.807) is 6.92 Å². The highest BCUT2D eigenvalue weighted by atomic mass is 79.9. The fourth-order valence-electron chi connectivity index (χ4n) is 3.88. The van der Waals surface area contributed by atoms with Gasteiger partial charge in [-0.3, -0.25) is 9.79 Å². The molecule has 0 radical (unpaired) electrons. The molecular formula is C30H32BrNO4. The molecule has 0 aliphatic heterocycles.